The van der Waals surface area contributed by atoms with Gasteiger partial charge in [-0.25, -0.2) is 0 Å². The van der Waals surface area contributed by atoms with E-state index in [0.29, 0.717) is 24.3 Å². The molecule has 4 rings (SSSR count). The average molecular weight is 410 g/mol. The van der Waals surface area contributed by atoms with Crippen molar-refractivity contribution in [2.75, 3.05) is 20.2 Å². The monoisotopic (exact) mass is 409 g/mol. The van der Waals surface area contributed by atoms with Crippen LogP contribution in [0, 0.1) is 0 Å². The van der Waals surface area contributed by atoms with Crippen LogP contribution in [-0.2, 0) is 17.7 Å². The van der Waals surface area contributed by atoms with Crippen LogP contribution in [0.3, 0.4) is 0 Å². The molecule has 6 heteroatoms. The summed E-state index contributed by atoms with van der Waals surface area (Å²) < 4.78 is 7.49. The zero-order valence-electron chi connectivity index (χ0n) is 17.9. The van der Waals surface area contributed by atoms with E-state index < -0.39 is 0 Å². The molecular formula is C24H31N3O3. The Morgan fingerprint density at radius 2 is 2.00 bits per heavy atom. The molecule has 0 spiro atoms. The van der Waals surface area contributed by atoms with Crippen molar-refractivity contribution >= 4 is 11.8 Å². The molecule has 2 amide bonds. The zero-order valence-corrected chi connectivity index (χ0v) is 17.9. The fourth-order valence-electron chi connectivity index (χ4n) is 4.66. The van der Waals surface area contributed by atoms with Crippen molar-refractivity contribution in [2.24, 2.45) is 0 Å². The third-order valence-electron chi connectivity index (χ3n) is 6.40. The lowest BCUT2D eigenvalue weighted by Crippen LogP contribution is -2.32. The summed E-state index contributed by atoms with van der Waals surface area (Å²) in [5.41, 5.74) is 3.38. The van der Waals surface area contributed by atoms with Crippen molar-refractivity contribution in [2.45, 2.75) is 57.7 Å². The molecular weight excluding hydrogens is 378 g/mol. The molecule has 0 saturated carbocycles. The van der Waals surface area contributed by atoms with Gasteiger partial charge in [-0.15, -0.1) is 0 Å². The van der Waals surface area contributed by atoms with Crippen LogP contribution in [0.15, 0.2) is 36.4 Å². The quantitative estimate of drug-likeness (QED) is 0.793. The SMILES string of the molecule is CCC(NC(=O)c1cc(C(=O)N2CCC(OC)C2)n2c1CCCC2)c1ccccc1. The Morgan fingerprint density at radius 3 is 2.70 bits per heavy atom. The van der Waals surface area contributed by atoms with Crippen LogP contribution >= 0.6 is 0 Å². The van der Waals surface area contributed by atoms with Crippen LogP contribution in [-0.4, -0.2) is 47.6 Å². The molecule has 1 aromatic heterocycles. The third kappa shape index (κ3) is 4.01. The number of amides is 2. The number of hydrogen-bond donors (Lipinski definition) is 1. The van der Waals surface area contributed by atoms with Gasteiger partial charge in [0.25, 0.3) is 11.8 Å². The Balaban J connectivity index is 1.59. The summed E-state index contributed by atoms with van der Waals surface area (Å²) in [5, 5.41) is 3.19. The molecule has 0 bridgehead atoms. The van der Waals surface area contributed by atoms with Gasteiger partial charge in [-0.1, -0.05) is 37.3 Å². The summed E-state index contributed by atoms with van der Waals surface area (Å²) in [6.07, 6.45) is 4.68. The van der Waals surface area contributed by atoms with Crippen molar-refractivity contribution in [3.05, 3.63) is 58.9 Å². The summed E-state index contributed by atoms with van der Waals surface area (Å²) in [6.45, 7) is 4.18. The Bertz CT molecular complexity index is 906. The molecule has 1 saturated heterocycles. The minimum Gasteiger partial charge on any atom is -0.380 e. The van der Waals surface area contributed by atoms with E-state index in [0.717, 1.165) is 49.9 Å². The Hall–Kier alpha value is -2.60. The smallest absolute Gasteiger partial charge is 0.270 e. The molecule has 0 radical (unpaired) electrons. The zero-order chi connectivity index (χ0) is 21.1. The maximum Gasteiger partial charge on any atom is 0.270 e. The van der Waals surface area contributed by atoms with Crippen LogP contribution in [0.1, 0.15) is 70.8 Å². The van der Waals surface area contributed by atoms with Gasteiger partial charge in [-0.05, 0) is 43.7 Å². The van der Waals surface area contributed by atoms with Gasteiger partial charge in [0.15, 0.2) is 0 Å². The second-order valence-electron chi connectivity index (χ2n) is 8.24. The number of fused-ring (bicyclic) bond motifs is 1. The van der Waals surface area contributed by atoms with E-state index in [1.807, 2.05) is 41.3 Å². The highest BCUT2D eigenvalue weighted by Gasteiger charge is 2.32. The van der Waals surface area contributed by atoms with Gasteiger partial charge >= 0.3 is 0 Å². The largest absolute Gasteiger partial charge is 0.380 e. The standard InChI is InChI=1S/C24H31N3O3/c1-3-20(17-9-5-4-6-10-17)25-23(28)19-15-22(27-13-8-7-11-21(19)27)24(29)26-14-12-18(16-26)30-2/h4-6,9-10,15,18,20H,3,7-8,11-14,16H2,1-2H3,(H,25,28). The first-order valence-electron chi connectivity index (χ1n) is 11.0. The van der Waals surface area contributed by atoms with Crippen LogP contribution in [0.5, 0.6) is 0 Å². The molecule has 3 heterocycles. The summed E-state index contributed by atoms with van der Waals surface area (Å²) in [6, 6.07) is 11.8. The van der Waals surface area contributed by atoms with Crippen molar-refractivity contribution in [1.29, 1.82) is 0 Å². The maximum atomic E-state index is 13.2. The Labute approximate surface area is 178 Å². The number of benzene rings is 1. The van der Waals surface area contributed by atoms with Crippen molar-refractivity contribution in [1.82, 2.24) is 14.8 Å². The van der Waals surface area contributed by atoms with Crippen LogP contribution in [0.2, 0.25) is 0 Å². The fourth-order valence-corrected chi connectivity index (χ4v) is 4.66. The number of ether oxygens (including phenoxy) is 1. The minimum absolute atomic E-state index is 0.00634. The maximum absolute atomic E-state index is 13.2. The first-order valence-corrected chi connectivity index (χ1v) is 11.0. The highest BCUT2D eigenvalue weighted by molar-refractivity contribution is 6.01. The number of aromatic nitrogens is 1. The van der Waals surface area contributed by atoms with Crippen LogP contribution < -0.4 is 5.32 Å². The molecule has 2 unspecified atom stereocenters. The second-order valence-corrected chi connectivity index (χ2v) is 8.24. The highest BCUT2D eigenvalue weighted by atomic mass is 16.5. The van der Waals surface area contributed by atoms with E-state index in [-0.39, 0.29) is 24.0 Å². The Morgan fingerprint density at radius 1 is 1.20 bits per heavy atom. The molecule has 1 N–H and O–H groups in total. The molecule has 2 aromatic rings. The van der Waals surface area contributed by atoms with Gasteiger partial charge in [0.1, 0.15) is 5.69 Å². The third-order valence-corrected chi connectivity index (χ3v) is 6.40. The lowest BCUT2D eigenvalue weighted by molar-refractivity contribution is 0.0713. The number of nitrogens with zero attached hydrogens (tertiary/aromatic N) is 2. The van der Waals surface area contributed by atoms with Crippen molar-refractivity contribution in [3.63, 3.8) is 0 Å². The topological polar surface area (TPSA) is 63.6 Å². The number of nitrogens with one attached hydrogen (secondary N) is 1. The number of likely N-dealkylation sites (tertiary alicyclic amines) is 1. The van der Waals surface area contributed by atoms with E-state index in [1.54, 1.807) is 7.11 Å². The predicted molar refractivity (Wildman–Crippen MR) is 116 cm³/mol. The van der Waals surface area contributed by atoms with Crippen molar-refractivity contribution < 1.29 is 14.3 Å². The molecule has 2 aliphatic heterocycles. The predicted octanol–water partition coefficient (Wildman–Crippen LogP) is 3.57. The van der Waals surface area contributed by atoms with E-state index in [1.165, 1.54) is 0 Å². The molecule has 0 aliphatic carbocycles. The highest BCUT2D eigenvalue weighted by Crippen LogP contribution is 2.27. The van der Waals surface area contributed by atoms with Gasteiger partial charge in [0.05, 0.1) is 17.7 Å². The normalized spacial score (nSPS) is 19.4. The molecule has 1 aromatic carbocycles. The van der Waals surface area contributed by atoms with Crippen LogP contribution in [0.4, 0.5) is 0 Å². The van der Waals surface area contributed by atoms with Gasteiger partial charge in [-0.2, -0.15) is 0 Å². The number of methoxy groups -OCH3 is 1. The first kappa shape index (κ1) is 20.7. The number of hydrogen-bond acceptors (Lipinski definition) is 3. The first-order chi connectivity index (χ1) is 14.6. The minimum atomic E-state index is -0.0911. The average Bonchev–Trinajstić information content (AvgIpc) is 3.42. The van der Waals surface area contributed by atoms with E-state index in [4.69, 9.17) is 4.74 Å². The van der Waals surface area contributed by atoms with E-state index in [9.17, 15) is 9.59 Å². The summed E-state index contributed by atoms with van der Waals surface area (Å²) in [5.74, 6) is -0.0848. The van der Waals surface area contributed by atoms with Crippen molar-refractivity contribution in [3.8, 4) is 0 Å². The fraction of sp³-hybridized carbons (Fsp3) is 0.500. The van der Waals surface area contributed by atoms with E-state index >= 15 is 0 Å². The van der Waals surface area contributed by atoms with Gasteiger partial charge in [0, 0.05) is 32.4 Å². The lowest BCUT2D eigenvalue weighted by Gasteiger charge is -2.22. The van der Waals surface area contributed by atoms with Gasteiger partial charge in [-0.3, -0.25) is 9.59 Å². The summed E-state index contributed by atoms with van der Waals surface area (Å²) >= 11 is 0. The Kier molecular flexibility index (Phi) is 6.23. The lowest BCUT2D eigenvalue weighted by atomic mass is 10.0. The number of carbonyl (C=O) groups excluding carboxylic acids is 2. The molecule has 30 heavy (non-hydrogen) atoms. The number of rotatable bonds is 6. The second kappa shape index (κ2) is 9.04. The van der Waals surface area contributed by atoms with Gasteiger partial charge in [0.2, 0.25) is 0 Å². The molecule has 160 valence electrons. The summed E-state index contributed by atoms with van der Waals surface area (Å²) in [4.78, 5) is 28.3. The molecule has 2 atom stereocenters. The summed E-state index contributed by atoms with van der Waals surface area (Å²) in [7, 11) is 1.69. The van der Waals surface area contributed by atoms with Gasteiger partial charge < -0.3 is 19.5 Å². The molecule has 6 nitrogen and oxygen atoms in total. The molecule has 2 aliphatic rings. The number of carbonyl (C=O) groups is 2. The molecule has 1 fully saturated rings. The van der Waals surface area contributed by atoms with Crippen LogP contribution in [0.25, 0.3) is 0 Å². The van der Waals surface area contributed by atoms with E-state index in [2.05, 4.69) is 16.8 Å².